The molecule has 1 aliphatic carbocycles. The topological polar surface area (TPSA) is 32.3 Å². The molecule has 0 amide bonds. The van der Waals surface area contributed by atoms with E-state index >= 15 is 0 Å². The summed E-state index contributed by atoms with van der Waals surface area (Å²) >= 11 is 6.28. The Bertz CT molecular complexity index is 477. The van der Waals surface area contributed by atoms with Gasteiger partial charge in [0.1, 0.15) is 11.0 Å². The van der Waals surface area contributed by atoms with Crippen LogP contribution >= 0.6 is 11.6 Å². The Labute approximate surface area is 119 Å². The number of aromatic nitrogens is 2. The highest BCUT2D eigenvalue weighted by atomic mass is 35.5. The summed E-state index contributed by atoms with van der Waals surface area (Å²) in [7, 11) is 4.36. The smallest absolute Gasteiger partial charge is 0.136 e. The van der Waals surface area contributed by atoms with Gasteiger partial charge in [-0.2, -0.15) is 0 Å². The molecule has 104 valence electrons. The van der Waals surface area contributed by atoms with E-state index in [1.54, 1.807) is 0 Å². The molecular formula is C14H21ClN4. The second kappa shape index (κ2) is 5.35. The van der Waals surface area contributed by atoms with E-state index in [4.69, 9.17) is 16.6 Å². The van der Waals surface area contributed by atoms with Gasteiger partial charge in [0.25, 0.3) is 0 Å². The zero-order valence-electron chi connectivity index (χ0n) is 11.7. The van der Waals surface area contributed by atoms with Crippen LogP contribution in [0.15, 0.2) is 0 Å². The molecule has 2 aliphatic rings. The third kappa shape index (κ3) is 2.76. The van der Waals surface area contributed by atoms with Crippen molar-refractivity contribution in [2.45, 2.75) is 31.7 Å². The molecule has 0 radical (unpaired) electrons. The van der Waals surface area contributed by atoms with Crippen LogP contribution in [0.3, 0.4) is 0 Å². The minimum absolute atomic E-state index is 0.495. The lowest BCUT2D eigenvalue weighted by atomic mass is 10.1. The van der Waals surface area contributed by atoms with E-state index in [0.29, 0.717) is 11.2 Å². The van der Waals surface area contributed by atoms with Crippen molar-refractivity contribution in [3.8, 4) is 0 Å². The van der Waals surface area contributed by atoms with Gasteiger partial charge in [0.15, 0.2) is 0 Å². The SMILES string of the molecule is CN1CCN(C)C(Cc2nc(Cl)c3c(n2)CCC3)C1. The Hall–Kier alpha value is -0.710. The molecule has 1 aliphatic heterocycles. The molecule has 0 saturated carbocycles. The first-order chi connectivity index (χ1) is 9.13. The van der Waals surface area contributed by atoms with Crippen LogP contribution in [0.5, 0.6) is 0 Å². The van der Waals surface area contributed by atoms with Crippen LogP contribution in [-0.4, -0.2) is 59.5 Å². The number of aryl methyl sites for hydroxylation is 1. The fourth-order valence-electron chi connectivity index (χ4n) is 3.06. The number of fused-ring (bicyclic) bond motifs is 1. The van der Waals surface area contributed by atoms with Gasteiger partial charge in [-0.15, -0.1) is 0 Å². The fraction of sp³-hybridized carbons (Fsp3) is 0.714. The quantitative estimate of drug-likeness (QED) is 0.767. The summed E-state index contributed by atoms with van der Waals surface area (Å²) in [5.41, 5.74) is 2.36. The van der Waals surface area contributed by atoms with Gasteiger partial charge in [-0.05, 0) is 33.4 Å². The molecule has 0 bridgehead atoms. The molecule has 4 nitrogen and oxygen atoms in total. The van der Waals surface area contributed by atoms with Gasteiger partial charge in [-0.1, -0.05) is 11.6 Å². The fourth-order valence-corrected chi connectivity index (χ4v) is 3.36. The summed E-state index contributed by atoms with van der Waals surface area (Å²) in [5, 5.41) is 0.685. The summed E-state index contributed by atoms with van der Waals surface area (Å²) in [5.74, 6) is 0.915. The average molecular weight is 281 g/mol. The lowest BCUT2D eigenvalue weighted by Gasteiger charge is -2.37. The highest BCUT2D eigenvalue weighted by molar-refractivity contribution is 6.30. The summed E-state index contributed by atoms with van der Waals surface area (Å²) < 4.78 is 0. The molecule has 0 spiro atoms. The first-order valence-electron chi connectivity index (χ1n) is 7.06. The van der Waals surface area contributed by atoms with E-state index in [1.165, 1.54) is 17.7 Å². The van der Waals surface area contributed by atoms with E-state index in [1.807, 2.05) is 0 Å². The molecule has 0 aromatic carbocycles. The zero-order chi connectivity index (χ0) is 13.4. The van der Waals surface area contributed by atoms with Crippen LogP contribution in [-0.2, 0) is 19.3 Å². The van der Waals surface area contributed by atoms with Crippen molar-refractivity contribution in [3.63, 3.8) is 0 Å². The van der Waals surface area contributed by atoms with E-state index in [-0.39, 0.29) is 0 Å². The Morgan fingerprint density at radius 2 is 2.05 bits per heavy atom. The van der Waals surface area contributed by atoms with Crippen molar-refractivity contribution < 1.29 is 0 Å². The number of halogens is 1. The highest BCUT2D eigenvalue weighted by Gasteiger charge is 2.25. The van der Waals surface area contributed by atoms with E-state index < -0.39 is 0 Å². The van der Waals surface area contributed by atoms with Crippen LogP contribution in [0.25, 0.3) is 0 Å². The minimum Gasteiger partial charge on any atom is -0.304 e. The van der Waals surface area contributed by atoms with Crippen LogP contribution < -0.4 is 0 Å². The standard InChI is InChI=1S/C14H21ClN4/c1-18-6-7-19(2)10(9-18)8-13-16-12-5-3-4-11(12)14(15)17-13/h10H,3-9H2,1-2H3. The normalized spacial score (nSPS) is 24.7. The zero-order valence-corrected chi connectivity index (χ0v) is 12.4. The maximum Gasteiger partial charge on any atom is 0.136 e. The van der Waals surface area contributed by atoms with Crippen molar-refractivity contribution in [3.05, 3.63) is 22.2 Å². The Balaban J connectivity index is 1.78. The molecule has 2 heterocycles. The van der Waals surface area contributed by atoms with Gasteiger partial charge < -0.3 is 9.80 Å². The third-order valence-corrected chi connectivity index (χ3v) is 4.64. The summed E-state index contributed by atoms with van der Waals surface area (Å²) in [6, 6.07) is 0.495. The Kier molecular flexibility index (Phi) is 3.74. The number of rotatable bonds is 2. The maximum atomic E-state index is 6.28. The molecule has 5 heteroatoms. The number of hydrogen-bond acceptors (Lipinski definition) is 4. The molecule has 1 atom stereocenters. The van der Waals surface area contributed by atoms with Crippen molar-refractivity contribution in [2.24, 2.45) is 0 Å². The Morgan fingerprint density at radius 1 is 1.21 bits per heavy atom. The van der Waals surface area contributed by atoms with Gasteiger partial charge in [-0.25, -0.2) is 9.97 Å². The van der Waals surface area contributed by atoms with Gasteiger partial charge in [0.2, 0.25) is 0 Å². The average Bonchev–Trinajstić information content (AvgIpc) is 2.82. The maximum absolute atomic E-state index is 6.28. The predicted octanol–water partition coefficient (Wildman–Crippen LogP) is 1.41. The van der Waals surface area contributed by atoms with Crippen molar-refractivity contribution in [2.75, 3.05) is 33.7 Å². The Morgan fingerprint density at radius 3 is 2.89 bits per heavy atom. The lowest BCUT2D eigenvalue weighted by molar-refractivity contribution is 0.113. The van der Waals surface area contributed by atoms with Crippen LogP contribution in [0, 0.1) is 0 Å². The summed E-state index contributed by atoms with van der Waals surface area (Å²) in [6.07, 6.45) is 4.17. The van der Waals surface area contributed by atoms with Crippen molar-refractivity contribution in [1.29, 1.82) is 0 Å². The molecule has 1 aromatic rings. The molecule has 3 rings (SSSR count). The van der Waals surface area contributed by atoms with Crippen molar-refractivity contribution in [1.82, 2.24) is 19.8 Å². The van der Waals surface area contributed by atoms with E-state index in [2.05, 4.69) is 28.9 Å². The van der Waals surface area contributed by atoms with Crippen LogP contribution in [0.2, 0.25) is 5.15 Å². The van der Waals surface area contributed by atoms with Gasteiger partial charge in [-0.3, -0.25) is 0 Å². The molecule has 0 N–H and O–H groups in total. The van der Waals surface area contributed by atoms with Crippen molar-refractivity contribution >= 4 is 11.6 Å². The summed E-state index contributed by atoms with van der Waals surface area (Å²) in [4.78, 5) is 14.0. The molecule has 1 fully saturated rings. The van der Waals surface area contributed by atoms with Gasteiger partial charge >= 0.3 is 0 Å². The molecule has 1 unspecified atom stereocenters. The highest BCUT2D eigenvalue weighted by Crippen LogP contribution is 2.26. The van der Waals surface area contributed by atoms with Crippen LogP contribution in [0.1, 0.15) is 23.5 Å². The van der Waals surface area contributed by atoms with Gasteiger partial charge in [0.05, 0.1) is 0 Å². The first kappa shape index (κ1) is 13.3. The second-order valence-corrected chi connectivity index (χ2v) is 6.17. The molecule has 1 saturated heterocycles. The molecule has 1 aromatic heterocycles. The number of hydrogen-bond donors (Lipinski definition) is 0. The van der Waals surface area contributed by atoms with Gasteiger partial charge in [0, 0.05) is 43.4 Å². The second-order valence-electron chi connectivity index (χ2n) is 5.81. The largest absolute Gasteiger partial charge is 0.304 e. The molecule has 19 heavy (non-hydrogen) atoms. The van der Waals surface area contributed by atoms with E-state index in [9.17, 15) is 0 Å². The summed E-state index contributed by atoms with van der Waals surface area (Å²) in [6.45, 7) is 3.33. The number of nitrogens with zero attached hydrogens (tertiary/aromatic N) is 4. The minimum atomic E-state index is 0.495. The van der Waals surface area contributed by atoms with Crippen LogP contribution in [0.4, 0.5) is 0 Å². The lowest BCUT2D eigenvalue weighted by Crippen LogP contribution is -2.51. The predicted molar refractivity (Wildman–Crippen MR) is 76.7 cm³/mol. The monoisotopic (exact) mass is 280 g/mol. The first-order valence-corrected chi connectivity index (χ1v) is 7.44. The number of piperazine rings is 1. The number of likely N-dealkylation sites (N-methyl/N-ethyl adjacent to an activating group) is 2. The third-order valence-electron chi connectivity index (χ3n) is 4.33. The molecular weight excluding hydrogens is 260 g/mol. The van der Waals surface area contributed by atoms with E-state index in [0.717, 1.165) is 44.7 Å².